The highest BCUT2D eigenvalue weighted by molar-refractivity contribution is 7.09. The minimum atomic E-state index is -1.13. The average Bonchev–Trinajstić information content (AvgIpc) is 3.39. The van der Waals surface area contributed by atoms with E-state index in [1.54, 1.807) is 16.2 Å². The van der Waals surface area contributed by atoms with Crippen molar-refractivity contribution in [2.45, 2.75) is 105 Å². The van der Waals surface area contributed by atoms with Crippen molar-refractivity contribution in [1.82, 2.24) is 10.2 Å². The molecule has 38 heavy (non-hydrogen) atoms. The van der Waals surface area contributed by atoms with Gasteiger partial charge in [0.1, 0.15) is 5.41 Å². The number of piperidine rings is 1. The van der Waals surface area contributed by atoms with E-state index in [2.05, 4.69) is 33.0 Å². The normalized spacial score (nSPS) is 25.5. The van der Waals surface area contributed by atoms with Gasteiger partial charge in [0.2, 0.25) is 11.8 Å². The van der Waals surface area contributed by atoms with Crippen LogP contribution in [0.3, 0.4) is 0 Å². The van der Waals surface area contributed by atoms with Crippen molar-refractivity contribution < 1.29 is 23.9 Å². The molecule has 4 atom stereocenters. The highest BCUT2D eigenvalue weighted by Gasteiger charge is 2.60. The number of carbonyl (C=O) groups excluding carboxylic acids is 3. The molecule has 8 heteroatoms. The summed E-state index contributed by atoms with van der Waals surface area (Å²) in [4.78, 5) is 43.3. The van der Waals surface area contributed by atoms with E-state index in [1.807, 2.05) is 30.5 Å². The van der Waals surface area contributed by atoms with Gasteiger partial charge < -0.3 is 19.7 Å². The van der Waals surface area contributed by atoms with Crippen LogP contribution in [0.5, 0.6) is 0 Å². The predicted molar refractivity (Wildman–Crippen MR) is 150 cm³/mol. The number of nitrogens with one attached hydrogen (secondary N) is 1. The highest BCUT2D eigenvalue weighted by atomic mass is 32.1. The van der Waals surface area contributed by atoms with E-state index >= 15 is 0 Å². The molecule has 3 heterocycles. The number of fused-ring (bicyclic) bond motifs is 1. The van der Waals surface area contributed by atoms with Gasteiger partial charge in [-0.15, -0.1) is 11.3 Å². The molecule has 0 aliphatic carbocycles. The van der Waals surface area contributed by atoms with Crippen LogP contribution >= 0.6 is 11.3 Å². The topological polar surface area (TPSA) is 84.9 Å². The number of nitrogens with zero attached hydrogens (tertiary/aromatic N) is 1. The van der Waals surface area contributed by atoms with Crippen LogP contribution in [0.25, 0.3) is 0 Å². The van der Waals surface area contributed by atoms with Crippen molar-refractivity contribution in [3.8, 4) is 0 Å². The molecule has 7 nitrogen and oxygen atoms in total. The van der Waals surface area contributed by atoms with Crippen LogP contribution in [0.1, 0.15) is 90.9 Å². The van der Waals surface area contributed by atoms with E-state index < -0.39 is 23.4 Å². The van der Waals surface area contributed by atoms with Gasteiger partial charge in [-0.25, -0.2) is 0 Å². The van der Waals surface area contributed by atoms with E-state index in [4.69, 9.17) is 9.47 Å². The second-order valence-electron chi connectivity index (χ2n) is 11.8. The van der Waals surface area contributed by atoms with Crippen molar-refractivity contribution >= 4 is 29.1 Å². The van der Waals surface area contributed by atoms with Crippen molar-refractivity contribution in [1.29, 1.82) is 0 Å². The fourth-order valence-corrected chi connectivity index (χ4v) is 6.26. The summed E-state index contributed by atoms with van der Waals surface area (Å²) >= 11 is 1.58. The van der Waals surface area contributed by atoms with Gasteiger partial charge in [0.25, 0.3) is 0 Å². The monoisotopic (exact) mass is 546 g/mol. The summed E-state index contributed by atoms with van der Waals surface area (Å²) in [6, 6.07) is 3.91. The van der Waals surface area contributed by atoms with Crippen LogP contribution in [-0.4, -0.2) is 48.5 Å². The van der Waals surface area contributed by atoms with Crippen molar-refractivity contribution in [3.63, 3.8) is 0 Å². The molecule has 1 fully saturated rings. The zero-order valence-electron chi connectivity index (χ0n) is 24.0. The van der Waals surface area contributed by atoms with Crippen LogP contribution in [0.15, 0.2) is 29.3 Å². The van der Waals surface area contributed by atoms with Crippen LogP contribution in [0.4, 0.5) is 0 Å². The molecule has 1 aromatic heterocycles. The summed E-state index contributed by atoms with van der Waals surface area (Å²) in [6.45, 7) is 11.3. The van der Waals surface area contributed by atoms with Gasteiger partial charge in [-0.2, -0.15) is 0 Å². The molecule has 2 aliphatic rings. The zero-order chi connectivity index (χ0) is 27.9. The minimum absolute atomic E-state index is 0.0264. The first-order chi connectivity index (χ1) is 18.0. The Balaban J connectivity index is 1.90. The van der Waals surface area contributed by atoms with E-state index in [0.717, 1.165) is 24.1 Å². The summed E-state index contributed by atoms with van der Waals surface area (Å²) < 4.78 is 11.8. The Kier molecular flexibility index (Phi) is 10.6. The summed E-state index contributed by atoms with van der Waals surface area (Å²) in [5, 5.41) is 4.91. The van der Waals surface area contributed by atoms with Crippen molar-refractivity contribution in [3.05, 3.63) is 34.2 Å². The number of rotatable bonds is 12. The zero-order valence-corrected chi connectivity index (χ0v) is 24.8. The fraction of sp³-hybridized carbons (Fsp3) is 0.700. The Morgan fingerprint density at radius 3 is 2.55 bits per heavy atom. The third-order valence-corrected chi connectivity index (χ3v) is 8.77. The van der Waals surface area contributed by atoms with Crippen molar-refractivity contribution in [2.24, 2.45) is 16.7 Å². The number of hydrogen-bond acceptors (Lipinski definition) is 6. The number of esters is 1. The number of hydrogen-bond donors (Lipinski definition) is 1. The molecule has 0 radical (unpaired) electrons. The van der Waals surface area contributed by atoms with Gasteiger partial charge in [0, 0.05) is 29.5 Å². The Hall–Kier alpha value is -2.19. The molecular weight excluding hydrogens is 500 g/mol. The number of methoxy groups -OCH3 is 1. The molecule has 1 aromatic rings. The molecule has 1 N–H and O–H groups in total. The van der Waals surface area contributed by atoms with Crippen LogP contribution in [-0.2, 0) is 30.4 Å². The van der Waals surface area contributed by atoms with E-state index in [9.17, 15) is 14.4 Å². The molecule has 0 spiro atoms. The second kappa shape index (κ2) is 13.2. The molecule has 2 amide bonds. The Bertz CT molecular complexity index is 983. The average molecular weight is 547 g/mol. The maximum Gasteiger partial charge on any atom is 0.320 e. The number of likely N-dealkylation sites (tertiary alicyclic amines) is 1. The number of ether oxygens (including phenoxy) is 2. The highest BCUT2D eigenvalue weighted by Crippen LogP contribution is 2.51. The van der Waals surface area contributed by atoms with Crippen LogP contribution in [0.2, 0.25) is 0 Å². The predicted octanol–water partition coefficient (Wildman–Crippen LogP) is 5.84. The summed E-state index contributed by atoms with van der Waals surface area (Å²) in [7, 11) is 1.38. The molecule has 3 rings (SSSR count). The smallest absolute Gasteiger partial charge is 0.320 e. The van der Waals surface area contributed by atoms with Crippen LogP contribution in [0, 0.1) is 16.7 Å². The van der Waals surface area contributed by atoms with Gasteiger partial charge in [0.15, 0.2) is 0 Å². The second-order valence-corrected chi connectivity index (χ2v) is 12.8. The lowest BCUT2D eigenvalue weighted by atomic mass is 9.65. The molecule has 0 bridgehead atoms. The van der Waals surface area contributed by atoms with E-state index in [1.165, 1.54) is 26.4 Å². The SMILES string of the molecule is CCCCCCCCN1C(=O)[C@@H](CC(=O)NCc2cccs2)C[C@]2(C(=O)OC)C1=C[C@@H](C(C)(C)C)O[C@H]2C. The molecule has 0 saturated carbocycles. The lowest BCUT2D eigenvalue weighted by Gasteiger charge is -2.53. The van der Waals surface area contributed by atoms with Gasteiger partial charge in [0.05, 0.1) is 25.9 Å². The molecule has 2 aliphatic heterocycles. The number of thiophene rings is 1. The lowest BCUT2D eigenvalue weighted by molar-refractivity contribution is -0.180. The number of carbonyl (C=O) groups is 3. The van der Waals surface area contributed by atoms with Crippen LogP contribution < -0.4 is 5.32 Å². The third kappa shape index (κ3) is 6.87. The maximum atomic E-state index is 13.9. The first-order valence-corrected chi connectivity index (χ1v) is 15.0. The van der Waals surface area contributed by atoms with Crippen molar-refractivity contribution in [2.75, 3.05) is 13.7 Å². The number of amides is 2. The molecule has 212 valence electrons. The van der Waals surface area contributed by atoms with Gasteiger partial charge in [-0.05, 0) is 42.7 Å². The van der Waals surface area contributed by atoms with E-state index in [0.29, 0.717) is 18.8 Å². The summed E-state index contributed by atoms with van der Waals surface area (Å²) in [5.41, 5.74) is -0.653. The molecule has 0 unspecified atom stereocenters. The molecular formula is C30H46N2O5S. The quantitative estimate of drug-likeness (QED) is 0.263. The minimum Gasteiger partial charge on any atom is -0.468 e. The molecule has 1 saturated heterocycles. The first-order valence-electron chi connectivity index (χ1n) is 14.1. The maximum absolute atomic E-state index is 13.9. The largest absolute Gasteiger partial charge is 0.468 e. The lowest BCUT2D eigenvalue weighted by Crippen LogP contribution is -2.61. The van der Waals surface area contributed by atoms with Gasteiger partial charge in [-0.1, -0.05) is 65.9 Å². The summed E-state index contributed by atoms with van der Waals surface area (Å²) in [6.07, 6.45) is 8.00. The summed E-state index contributed by atoms with van der Waals surface area (Å²) in [5.74, 6) is -1.32. The Morgan fingerprint density at radius 1 is 1.21 bits per heavy atom. The third-order valence-electron chi connectivity index (χ3n) is 7.90. The standard InChI is InChI=1S/C30H46N2O5S/c1-7-8-9-10-11-12-15-32-24-18-25(29(3,4)5)37-21(2)30(24,28(35)36-6)19-22(27(32)34)17-26(33)31-20-23-14-13-16-38-23/h13-14,16,18,21-22,25H,7-12,15,17,19-20H2,1-6H3,(H,31,33)/t21-,22-,25-,30+/m0/s1. The van der Waals surface area contributed by atoms with Gasteiger partial charge >= 0.3 is 5.97 Å². The number of unbranched alkanes of at least 4 members (excludes halogenated alkanes) is 5. The molecule has 0 aromatic carbocycles. The Morgan fingerprint density at radius 2 is 1.92 bits per heavy atom. The first kappa shape index (κ1) is 30.4. The van der Waals surface area contributed by atoms with Gasteiger partial charge in [-0.3, -0.25) is 14.4 Å². The fourth-order valence-electron chi connectivity index (χ4n) is 5.62. The van der Waals surface area contributed by atoms with E-state index in [-0.39, 0.29) is 36.2 Å². The Labute approximate surface area is 232 Å².